The summed E-state index contributed by atoms with van der Waals surface area (Å²) in [6.07, 6.45) is 10.1. The molecule has 1 heterocycles. The van der Waals surface area contributed by atoms with E-state index in [1.807, 2.05) is 12.2 Å². The first-order valence-electron chi connectivity index (χ1n) is 13.6. The molecule has 198 valence electrons. The number of Topliss-reactive ketones (excluding diaryl/α,β-unsaturated/α-hetero) is 1. The van der Waals surface area contributed by atoms with Gasteiger partial charge in [-0.2, -0.15) is 0 Å². The third-order valence-electron chi connectivity index (χ3n) is 8.99. The molecule has 9 atom stereocenters. The van der Waals surface area contributed by atoms with Crippen molar-refractivity contribution in [3.63, 3.8) is 0 Å². The minimum absolute atomic E-state index is 0.0919. The molecule has 4 aliphatic carbocycles. The number of methoxy groups -OCH3 is 1. The summed E-state index contributed by atoms with van der Waals surface area (Å²) in [5.74, 6) is -1.47. The molecule has 9 heteroatoms. The van der Waals surface area contributed by atoms with Crippen molar-refractivity contribution in [1.29, 1.82) is 0 Å². The van der Waals surface area contributed by atoms with Crippen LogP contribution in [-0.4, -0.2) is 59.8 Å². The smallest absolute Gasteiger partial charge is 0.407 e. The molecule has 2 unspecified atom stereocenters. The molecule has 0 radical (unpaired) electrons. The van der Waals surface area contributed by atoms with Crippen LogP contribution in [0.4, 0.5) is 4.79 Å². The summed E-state index contributed by atoms with van der Waals surface area (Å²) in [7, 11) is 1.30. The first-order valence-corrected chi connectivity index (χ1v) is 13.6. The molecule has 5 rings (SSSR count). The fourth-order valence-corrected chi connectivity index (χ4v) is 6.73. The average molecular weight is 503 g/mol. The number of nitrogens with one attached hydrogen (secondary N) is 2. The van der Waals surface area contributed by atoms with E-state index in [2.05, 4.69) is 10.6 Å². The van der Waals surface area contributed by atoms with E-state index < -0.39 is 47.5 Å². The maximum Gasteiger partial charge on any atom is 0.407 e. The minimum Gasteiger partial charge on any atom is -0.467 e. The zero-order valence-corrected chi connectivity index (χ0v) is 20.9. The number of carbonyl (C=O) groups is 4. The summed E-state index contributed by atoms with van der Waals surface area (Å²) in [6.45, 7) is 0. The lowest BCUT2D eigenvalue weighted by Crippen LogP contribution is -2.51. The standard InChI is InChI=1S/C27H38N2O7/c1-35-25(33)27-14-17(27)7-5-3-2-4-6-8-22(28-26(34)36-19-10-15-9-16(15)11-19)23(31)20-12-18(30)13-21(20)24(32)29-27/h5,7,15-22,30H,2-4,6,8-14H2,1H3,(H,28,34)(H,29,32)/b7-5-/t15-,16+,17-,18-,19?,20?,21-,22+,27-/m1/s1. The summed E-state index contributed by atoms with van der Waals surface area (Å²) in [4.78, 5) is 52.3. The van der Waals surface area contributed by atoms with Gasteiger partial charge < -0.3 is 25.2 Å². The average Bonchev–Trinajstić information content (AvgIpc) is 3.65. The van der Waals surface area contributed by atoms with Crippen molar-refractivity contribution in [2.75, 3.05) is 7.11 Å². The highest BCUT2D eigenvalue weighted by molar-refractivity contribution is 5.97. The highest BCUT2D eigenvalue weighted by atomic mass is 16.6. The Balaban J connectivity index is 1.31. The summed E-state index contributed by atoms with van der Waals surface area (Å²) in [5, 5.41) is 16.1. The Hall–Kier alpha value is -2.42. The number of ketones is 1. The van der Waals surface area contributed by atoms with Crippen molar-refractivity contribution >= 4 is 23.8 Å². The van der Waals surface area contributed by atoms with E-state index in [0.717, 1.165) is 38.5 Å². The lowest BCUT2D eigenvalue weighted by atomic mass is 9.86. The highest BCUT2D eigenvalue weighted by Gasteiger charge is 2.62. The van der Waals surface area contributed by atoms with Gasteiger partial charge in [-0.05, 0) is 69.6 Å². The number of carbonyl (C=O) groups excluding carboxylic acids is 4. The van der Waals surface area contributed by atoms with Gasteiger partial charge in [-0.3, -0.25) is 9.59 Å². The molecule has 0 aromatic carbocycles. The van der Waals surface area contributed by atoms with E-state index in [1.54, 1.807) is 0 Å². The molecule has 3 N–H and O–H groups in total. The van der Waals surface area contributed by atoms with Gasteiger partial charge in [0.1, 0.15) is 11.6 Å². The van der Waals surface area contributed by atoms with E-state index in [4.69, 9.17) is 9.47 Å². The van der Waals surface area contributed by atoms with Crippen LogP contribution in [0.3, 0.4) is 0 Å². The van der Waals surface area contributed by atoms with Crippen molar-refractivity contribution in [1.82, 2.24) is 10.6 Å². The lowest BCUT2D eigenvalue weighted by molar-refractivity contribution is -0.147. The SMILES string of the molecule is COC(=O)[C@@]12C[C@H]1/C=C\CCCCC[C@H](NC(=O)OC1C[C@@H]3C[C@@H]3C1)C(=O)C1C[C@@H](O)C[C@H]1C(=O)N2. The Morgan fingerprint density at radius 3 is 2.56 bits per heavy atom. The molecule has 1 aliphatic heterocycles. The molecule has 4 saturated carbocycles. The lowest BCUT2D eigenvalue weighted by Gasteiger charge is -2.26. The van der Waals surface area contributed by atoms with Crippen LogP contribution >= 0.6 is 0 Å². The summed E-state index contributed by atoms with van der Waals surface area (Å²) in [6, 6.07) is -0.775. The first kappa shape index (κ1) is 25.2. The van der Waals surface area contributed by atoms with Crippen LogP contribution in [0.2, 0.25) is 0 Å². The van der Waals surface area contributed by atoms with Gasteiger partial charge in [0.15, 0.2) is 5.78 Å². The molecule has 0 aromatic heterocycles. The number of fused-ring (bicyclic) bond motifs is 3. The molecule has 2 amide bonds. The van der Waals surface area contributed by atoms with Crippen molar-refractivity contribution in [2.24, 2.45) is 29.6 Å². The van der Waals surface area contributed by atoms with Gasteiger partial charge >= 0.3 is 12.1 Å². The summed E-state index contributed by atoms with van der Waals surface area (Å²) in [5.41, 5.74) is -1.12. The Kier molecular flexibility index (Phi) is 7.12. The van der Waals surface area contributed by atoms with E-state index in [9.17, 15) is 24.3 Å². The predicted octanol–water partition coefficient (Wildman–Crippen LogP) is 2.40. The van der Waals surface area contributed by atoms with Gasteiger partial charge in [0, 0.05) is 11.8 Å². The van der Waals surface area contributed by atoms with Crippen LogP contribution in [0.1, 0.15) is 70.6 Å². The normalized spacial score (nSPS) is 42.9. The van der Waals surface area contributed by atoms with Gasteiger partial charge in [0.05, 0.1) is 25.2 Å². The van der Waals surface area contributed by atoms with E-state index in [-0.39, 0.29) is 30.6 Å². The van der Waals surface area contributed by atoms with Crippen LogP contribution in [0, 0.1) is 29.6 Å². The van der Waals surface area contributed by atoms with Crippen molar-refractivity contribution in [3.8, 4) is 0 Å². The van der Waals surface area contributed by atoms with Gasteiger partial charge in [-0.1, -0.05) is 25.0 Å². The third kappa shape index (κ3) is 5.17. The quantitative estimate of drug-likeness (QED) is 0.399. The Morgan fingerprint density at radius 1 is 1.06 bits per heavy atom. The van der Waals surface area contributed by atoms with E-state index in [0.29, 0.717) is 24.7 Å². The Labute approximate surface area is 211 Å². The second-order valence-electron chi connectivity index (χ2n) is 11.5. The topological polar surface area (TPSA) is 131 Å². The van der Waals surface area contributed by atoms with Crippen molar-refractivity contribution < 1.29 is 33.8 Å². The molecule has 36 heavy (non-hydrogen) atoms. The minimum atomic E-state index is -1.12. The molecule has 0 aromatic rings. The second-order valence-corrected chi connectivity index (χ2v) is 11.5. The number of amides is 2. The van der Waals surface area contributed by atoms with Crippen LogP contribution in [-0.2, 0) is 23.9 Å². The van der Waals surface area contributed by atoms with Crippen LogP contribution in [0.15, 0.2) is 12.2 Å². The van der Waals surface area contributed by atoms with E-state index >= 15 is 0 Å². The zero-order valence-electron chi connectivity index (χ0n) is 20.9. The monoisotopic (exact) mass is 502 g/mol. The number of alkyl carbamates (subject to hydrolysis) is 1. The largest absolute Gasteiger partial charge is 0.467 e. The maximum atomic E-state index is 13.7. The number of allylic oxidation sites excluding steroid dienone is 1. The van der Waals surface area contributed by atoms with Crippen molar-refractivity contribution in [3.05, 3.63) is 12.2 Å². The number of hydrogen-bond donors (Lipinski definition) is 3. The second kappa shape index (κ2) is 10.1. The van der Waals surface area contributed by atoms with Crippen LogP contribution < -0.4 is 10.6 Å². The van der Waals surface area contributed by atoms with Gasteiger partial charge in [-0.15, -0.1) is 0 Å². The Morgan fingerprint density at radius 2 is 1.81 bits per heavy atom. The molecule has 9 nitrogen and oxygen atoms in total. The molecule has 5 aliphatic rings. The molecule has 0 bridgehead atoms. The number of ether oxygens (including phenoxy) is 2. The third-order valence-corrected chi connectivity index (χ3v) is 8.99. The zero-order chi connectivity index (χ0) is 25.4. The maximum absolute atomic E-state index is 13.7. The van der Waals surface area contributed by atoms with Crippen molar-refractivity contribution in [2.45, 2.75) is 94.4 Å². The molecule has 0 saturated heterocycles. The molecular formula is C27H38N2O7. The van der Waals surface area contributed by atoms with Crippen LogP contribution in [0.25, 0.3) is 0 Å². The molecule has 4 fully saturated rings. The Bertz CT molecular complexity index is 925. The number of hydrogen-bond acceptors (Lipinski definition) is 7. The van der Waals surface area contributed by atoms with Gasteiger partial charge in [0.25, 0.3) is 0 Å². The number of esters is 1. The summed E-state index contributed by atoms with van der Waals surface area (Å²) < 4.78 is 10.6. The molecular weight excluding hydrogens is 464 g/mol. The number of aliphatic hydroxyl groups is 1. The van der Waals surface area contributed by atoms with Gasteiger partial charge in [-0.25, -0.2) is 9.59 Å². The van der Waals surface area contributed by atoms with Gasteiger partial charge in [0.2, 0.25) is 5.91 Å². The molecule has 0 spiro atoms. The summed E-state index contributed by atoms with van der Waals surface area (Å²) >= 11 is 0. The predicted molar refractivity (Wildman–Crippen MR) is 128 cm³/mol. The highest BCUT2D eigenvalue weighted by Crippen LogP contribution is 2.52. The van der Waals surface area contributed by atoms with Crippen LogP contribution in [0.5, 0.6) is 0 Å². The number of aliphatic hydroxyl groups excluding tert-OH is 1. The fourth-order valence-electron chi connectivity index (χ4n) is 6.73. The number of rotatable bonds is 3. The van der Waals surface area contributed by atoms with E-state index in [1.165, 1.54) is 13.5 Å². The first-order chi connectivity index (χ1) is 17.3. The fraction of sp³-hybridized carbons (Fsp3) is 0.778.